The highest BCUT2D eigenvalue weighted by Gasteiger charge is 2.20. The van der Waals surface area contributed by atoms with Gasteiger partial charge in [-0.25, -0.2) is 15.0 Å². The second-order valence-electron chi connectivity index (χ2n) is 14.4. The van der Waals surface area contributed by atoms with Crippen molar-refractivity contribution >= 4 is 65.7 Å². The number of benzene rings is 8. The fraction of sp³-hybridized carbons (Fsp3) is 0. The Hall–Kier alpha value is -7.83. The molecule has 0 saturated heterocycles. The van der Waals surface area contributed by atoms with Crippen molar-refractivity contribution < 1.29 is 8.83 Å². The first-order valence-electron chi connectivity index (χ1n) is 19.0. The van der Waals surface area contributed by atoms with Gasteiger partial charge in [0.1, 0.15) is 22.3 Å². The molecule has 57 heavy (non-hydrogen) atoms. The smallest absolute Gasteiger partial charge is 0.167 e. The van der Waals surface area contributed by atoms with E-state index in [9.17, 15) is 0 Å². The van der Waals surface area contributed by atoms with Crippen LogP contribution in [0.25, 0.3) is 117 Å². The number of nitrogens with zero attached hydrogens (tertiary/aromatic N) is 4. The van der Waals surface area contributed by atoms with E-state index in [1.54, 1.807) is 0 Å². The lowest BCUT2D eigenvalue weighted by Crippen LogP contribution is -2.00. The predicted molar refractivity (Wildman–Crippen MR) is 230 cm³/mol. The van der Waals surface area contributed by atoms with E-state index >= 15 is 0 Å². The molecule has 4 aromatic heterocycles. The Bertz CT molecular complexity index is 3450. The van der Waals surface area contributed by atoms with Crippen LogP contribution >= 0.6 is 0 Å². The third-order valence-corrected chi connectivity index (χ3v) is 11.1. The second kappa shape index (κ2) is 12.3. The van der Waals surface area contributed by atoms with Crippen molar-refractivity contribution in [2.24, 2.45) is 0 Å². The standard InChI is InChI=1S/C51H30N4O2/c1-4-13-31(14-5-1)34-23-25-37-36-19-10-11-22-43(36)55(44(37)27-34)35-24-26-38-41-29-42-39-20-12-21-40(48(39)57-47(42)30-46(41)56-45(38)28-35)51-53-49(32-15-6-2-7-16-32)52-50(54-51)33-17-8-3-9-18-33/h1-30H. The van der Waals surface area contributed by atoms with Crippen LogP contribution in [-0.4, -0.2) is 19.5 Å². The van der Waals surface area contributed by atoms with Gasteiger partial charge in [0.25, 0.3) is 0 Å². The maximum absolute atomic E-state index is 6.70. The van der Waals surface area contributed by atoms with Crippen molar-refractivity contribution in [3.8, 4) is 51.0 Å². The molecule has 12 rings (SSSR count). The number of hydrogen-bond acceptors (Lipinski definition) is 5. The van der Waals surface area contributed by atoms with Crippen molar-refractivity contribution in [1.82, 2.24) is 19.5 Å². The number of rotatable bonds is 5. The van der Waals surface area contributed by atoms with E-state index < -0.39 is 0 Å². The van der Waals surface area contributed by atoms with Crippen molar-refractivity contribution in [2.75, 3.05) is 0 Å². The summed E-state index contributed by atoms with van der Waals surface area (Å²) in [7, 11) is 0. The maximum Gasteiger partial charge on any atom is 0.167 e. The number of fused-ring (bicyclic) bond motifs is 9. The molecular weight excluding hydrogens is 701 g/mol. The lowest BCUT2D eigenvalue weighted by atomic mass is 10.0. The van der Waals surface area contributed by atoms with Crippen LogP contribution in [0.15, 0.2) is 191 Å². The van der Waals surface area contributed by atoms with Gasteiger partial charge in [0.15, 0.2) is 17.5 Å². The summed E-state index contributed by atoms with van der Waals surface area (Å²) >= 11 is 0. The molecule has 4 heterocycles. The van der Waals surface area contributed by atoms with Gasteiger partial charge >= 0.3 is 0 Å². The average molecular weight is 731 g/mol. The SMILES string of the molecule is c1ccc(-c2ccc3c4ccccc4n(-c4ccc5c(c4)oc4cc6oc7c(-c8nc(-c9ccccc9)nc(-c9ccccc9)n8)cccc7c6cc45)c3c2)cc1. The zero-order valence-electron chi connectivity index (χ0n) is 30.4. The monoisotopic (exact) mass is 730 g/mol. The van der Waals surface area contributed by atoms with E-state index in [0.29, 0.717) is 17.5 Å². The van der Waals surface area contributed by atoms with Gasteiger partial charge in [0.05, 0.1) is 16.6 Å². The Kier molecular flexibility index (Phi) is 6.83. The summed E-state index contributed by atoms with van der Waals surface area (Å²) in [5.74, 6) is 1.76. The molecule has 0 bridgehead atoms. The van der Waals surface area contributed by atoms with Crippen LogP contribution in [0.4, 0.5) is 0 Å². The molecule has 0 aliphatic carbocycles. The lowest BCUT2D eigenvalue weighted by Gasteiger charge is -2.09. The highest BCUT2D eigenvalue weighted by atomic mass is 16.3. The molecule has 0 N–H and O–H groups in total. The zero-order valence-corrected chi connectivity index (χ0v) is 30.4. The minimum absolute atomic E-state index is 0.551. The molecule has 266 valence electrons. The number of hydrogen-bond donors (Lipinski definition) is 0. The van der Waals surface area contributed by atoms with E-state index in [-0.39, 0.29) is 0 Å². The molecule has 6 nitrogen and oxygen atoms in total. The lowest BCUT2D eigenvalue weighted by molar-refractivity contribution is 0.656. The number of para-hydroxylation sites is 2. The summed E-state index contributed by atoms with van der Waals surface area (Å²) < 4.78 is 15.7. The van der Waals surface area contributed by atoms with Crippen molar-refractivity contribution in [3.05, 3.63) is 182 Å². The normalized spacial score (nSPS) is 11.9. The Morgan fingerprint density at radius 3 is 1.67 bits per heavy atom. The van der Waals surface area contributed by atoms with Crippen molar-refractivity contribution in [2.45, 2.75) is 0 Å². The molecule has 0 radical (unpaired) electrons. The number of aromatic nitrogens is 4. The summed E-state index contributed by atoms with van der Waals surface area (Å²) in [5, 5.41) is 6.49. The molecule has 0 aliphatic heterocycles. The highest BCUT2D eigenvalue weighted by Crippen LogP contribution is 2.41. The summed E-state index contributed by atoms with van der Waals surface area (Å²) in [5.41, 5.74) is 11.4. The van der Waals surface area contributed by atoms with Crippen LogP contribution in [0.5, 0.6) is 0 Å². The van der Waals surface area contributed by atoms with Gasteiger partial charge in [-0.1, -0.05) is 133 Å². The number of furan rings is 2. The summed E-state index contributed by atoms with van der Waals surface area (Å²) in [4.78, 5) is 14.9. The van der Waals surface area contributed by atoms with E-state index in [1.807, 2.05) is 78.9 Å². The van der Waals surface area contributed by atoms with Crippen LogP contribution in [-0.2, 0) is 0 Å². The van der Waals surface area contributed by atoms with E-state index in [0.717, 1.165) is 77.3 Å². The van der Waals surface area contributed by atoms with Gasteiger partial charge in [-0.15, -0.1) is 0 Å². The third-order valence-electron chi connectivity index (χ3n) is 11.1. The molecule has 0 atom stereocenters. The Balaban J connectivity index is 1.01. The Morgan fingerprint density at radius 1 is 0.333 bits per heavy atom. The second-order valence-corrected chi connectivity index (χ2v) is 14.4. The van der Waals surface area contributed by atoms with Crippen LogP contribution < -0.4 is 0 Å². The summed E-state index contributed by atoms with van der Waals surface area (Å²) in [6, 6.07) is 62.8. The third kappa shape index (κ3) is 5.01. The molecule has 0 spiro atoms. The van der Waals surface area contributed by atoms with Crippen molar-refractivity contribution in [3.63, 3.8) is 0 Å². The molecule has 6 heteroatoms. The van der Waals surface area contributed by atoms with Crippen LogP contribution in [0.2, 0.25) is 0 Å². The molecule has 8 aromatic carbocycles. The largest absolute Gasteiger partial charge is 0.456 e. The zero-order chi connectivity index (χ0) is 37.5. The predicted octanol–water partition coefficient (Wildman–Crippen LogP) is 13.4. The van der Waals surface area contributed by atoms with Crippen LogP contribution in [0.3, 0.4) is 0 Å². The molecular formula is C51H30N4O2. The van der Waals surface area contributed by atoms with Gasteiger partial charge in [-0.05, 0) is 47.5 Å². The van der Waals surface area contributed by atoms with Crippen molar-refractivity contribution in [1.29, 1.82) is 0 Å². The van der Waals surface area contributed by atoms with E-state index in [1.165, 1.54) is 21.9 Å². The fourth-order valence-corrected chi connectivity index (χ4v) is 8.36. The highest BCUT2D eigenvalue weighted by molar-refractivity contribution is 6.17. The quantitative estimate of drug-likeness (QED) is 0.176. The minimum atomic E-state index is 0.551. The van der Waals surface area contributed by atoms with Crippen LogP contribution in [0, 0.1) is 0 Å². The summed E-state index contributed by atoms with van der Waals surface area (Å²) in [6.45, 7) is 0. The van der Waals surface area contributed by atoms with Gasteiger partial charge < -0.3 is 13.4 Å². The van der Waals surface area contributed by atoms with E-state index in [4.69, 9.17) is 23.8 Å². The average Bonchev–Trinajstić information content (AvgIpc) is 3.94. The molecule has 0 fully saturated rings. The van der Waals surface area contributed by atoms with Gasteiger partial charge in [0.2, 0.25) is 0 Å². The molecule has 0 saturated carbocycles. The first kappa shape index (κ1) is 31.5. The topological polar surface area (TPSA) is 69.9 Å². The Morgan fingerprint density at radius 2 is 0.912 bits per heavy atom. The minimum Gasteiger partial charge on any atom is -0.456 e. The maximum atomic E-state index is 6.70. The first-order valence-corrected chi connectivity index (χ1v) is 19.0. The van der Waals surface area contributed by atoms with Gasteiger partial charge in [-0.3, -0.25) is 0 Å². The van der Waals surface area contributed by atoms with E-state index in [2.05, 4.69) is 108 Å². The van der Waals surface area contributed by atoms with Gasteiger partial charge in [-0.2, -0.15) is 0 Å². The molecule has 0 aliphatic rings. The van der Waals surface area contributed by atoms with Crippen LogP contribution in [0.1, 0.15) is 0 Å². The first-order chi connectivity index (χ1) is 28.2. The summed E-state index contributed by atoms with van der Waals surface area (Å²) in [6.07, 6.45) is 0. The molecule has 0 amide bonds. The molecule has 12 aromatic rings. The van der Waals surface area contributed by atoms with Gasteiger partial charge in [0, 0.05) is 61.3 Å². The Labute approximate surface area is 325 Å². The molecule has 0 unspecified atom stereocenters. The fourth-order valence-electron chi connectivity index (χ4n) is 8.36.